The summed E-state index contributed by atoms with van der Waals surface area (Å²) in [5.74, 6) is 1.58. The molecule has 0 saturated carbocycles. The van der Waals surface area contributed by atoms with Crippen molar-refractivity contribution in [3.63, 3.8) is 0 Å². The van der Waals surface area contributed by atoms with E-state index in [4.69, 9.17) is 16.3 Å². The van der Waals surface area contributed by atoms with E-state index in [9.17, 15) is 4.79 Å². The Balaban J connectivity index is 1.73. The molecule has 2 aromatic carbocycles. The summed E-state index contributed by atoms with van der Waals surface area (Å²) in [7, 11) is 0. The maximum absolute atomic E-state index is 12.2. The standard InChI is InChI=1S/C21H21ClN2O2/c1-13(2)10-20(25)14(3)15-4-7-17(8-5-15)26-21-12-23-19-11-16(22)6-9-18(19)24-21/h4-9,11-14H,10H2,1-3H3. The molecule has 0 spiro atoms. The average molecular weight is 369 g/mol. The quantitative estimate of drug-likeness (QED) is 0.552. The number of fused-ring (bicyclic) bond motifs is 1. The second-order valence-electron chi connectivity index (χ2n) is 6.80. The fraction of sp³-hybridized carbons (Fsp3) is 0.286. The zero-order valence-corrected chi connectivity index (χ0v) is 15.8. The third-order valence-corrected chi connectivity index (χ3v) is 4.41. The van der Waals surface area contributed by atoms with E-state index in [0.29, 0.717) is 29.0 Å². The molecule has 4 nitrogen and oxygen atoms in total. The van der Waals surface area contributed by atoms with Gasteiger partial charge < -0.3 is 4.74 Å². The molecule has 0 aliphatic rings. The summed E-state index contributed by atoms with van der Waals surface area (Å²) in [4.78, 5) is 21.0. The lowest BCUT2D eigenvalue weighted by atomic mass is 9.92. The smallest absolute Gasteiger partial charge is 0.238 e. The Morgan fingerprint density at radius 1 is 1.08 bits per heavy atom. The molecule has 0 bridgehead atoms. The van der Waals surface area contributed by atoms with Crippen molar-refractivity contribution in [2.75, 3.05) is 0 Å². The highest BCUT2D eigenvalue weighted by Gasteiger charge is 2.16. The van der Waals surface area contributed by atoms with Crippen LogP contribution in [0, 0.1) is 5.92 Å². The topological polar surface area (TPSA) is 52.1 Å². The highest BCUT2D eigenvalue weighted by molar-refractivity contribution is 6.31. The second-order valence-corrected chi connectivity index (χ2v) is 7.23. The van der Waals surface area contributed by atoms with Crippen LogP contribution < -0.4 is 4.74 Å². The Morgan fingerprint density at radius 3 is 2.50 bits per heavy atom. The number of ether oxygens (including phenoxy) is 1. The number of benzene rings is 2. The van der Waals surface area contributed by atoms with Gasteiger partial charge in [-0.3, -0.25) is 4.79 Å². The zero-order valence-electron chi connectivity index (χ0n) is 15.1. The molecule has 5 heteroatoms. The van der Waals surface area contributed by atoms with Gasteiger partial charge in [0.1, 0.15) is 11.5 Å². The van der Waals surface area contributed by atoms with Crippen LogP contribution in [0.2, 0.25) is 5.02 Å². The van der Waals surface area contributed by atoms with E-state index < -0.39 is 0 Å². The molecular formula is C21H21ClN2O2. The molecule has 134 valence electrons. The van der Waals surface area contributed by atoms with Crippen LogP contribution in [0.1, 0.15) is 38.7 Å². The van der Waals surface area contributed by atoms with E-state index in [0.717, 1.165) is 16.6 Å². The van der Waals surface area contributed by atoms with E-state index in [-0.39, 0.29) is 11.7 Å². The Kier molecular flexibility index (Phi) is 5.52. The number of hydrogen-bond donors (Lipinski definition) is 0. The molecule has 0 amide bonds. The second kappa shape index (κ2) is 7.83. The van der Waals surface area contributed by atoms with Crippen LogP contribution in [0.25, 0.3) is 11.0 Å². The lowest BCUT2D eigenvalue weighted by Gasteiger charge is -2.13. The monoisotopic (exact) mass is 368 g/mol. The van der Waals surface area contributed by atoms with Crippen LogP contribution in [-0.2, 0) is 4.79 Å². The van der Waals surface area contributed by atoms with Crippen molar-refractivity contribution in [2.24, 2.45) is 5.92 Å². The molecule has 1 heterocycles. The van der Waals surface area contributed by atoms with Gasteiger partial charge >= 0.3 is 0 Å². The van der Waals surface area contributed by atoms with Crippen molar-refractivity contribution in [1.29, 1.82) is 0 Å². The number of carbonyl (C=O) groups is 1. The number of nitrogens with zero attached hydrogens (tertiary/aromatic N) is 2. The third kappa shape index (κ3) is 4.38. The molecule has 3 rings (SSSR count). The van der Waals surface area contributed by atoms with Crippen LogP contribution in [0.4, 0.5) is 0 Å². The van der Waals surface area contributed by atoms with Gasteiger partial charge in [0, 0.05) is 17.4 Å². The molecule has 26 heavy (non-hydrogen) atoms. The van der Waals surface area contributed by atoms with Crippen molar-refractivity contribution < 1.29 is 9.53 Å². The minimum absolute atomic E-state index is 0.114. The first-order chi connectivity index (χ1) is 12.4. The van der Waals surface area contributed by atoms with E-state index in [1.165, 1.54) is 0 Å². The summed E-state index contributed by atoms with van der Waals surface area (Å²) in [5, 5.41) is 0.622. The van der Waals surface area contributed by atoms with E-state index in [1.807, 2.05) is 37.3 Å². The van der Waals surface area contributed by atoms with Crippen molar-refractivity contribution in [3.05, 3.63) is 59.2 Å². The SMILES string of the molecule is CC(C)CC(=O)C(C)c1ccc(Oc2cnc3cc(Cl)ccc3n2)cc1. The van der Waals surface area contributed by atoms with Gasteiger partial charge in [0.05, 0.1) is 17.2 Å². The van der Waals surface area contributed by atoms with E-state index in [2.05, 4.69) is 23.8 Å². The van der Waals surface area contributed by atoms with Gasteiger partial charge in [-0.25, -0.2) is 9.97 Å². The number of Topliss-reactive ketones (excluding diaryl/α,β-unsaturated/α-hetero) is 1. The summed E-state index contributed by atoms with van der Waals surface area (Å²) in [6.07, 6.45) is 2.16. The number of aromatic nitrogens is 2. The molecule has 1 unspecified atom stereocenters. The summed E-state index contributed by atoms with van der Waals surface area (Å²) in [6.45, 7) is 6.06. The fourth-order valence-electron chi connectivity index (χ4n) is 2.73. The number of hydrogen-bond acceptors (Lipinski definition) is 4. The van der Waals surface area contributed by atoms with Crippen LogP contribution >= 0.6 is 11.6 Å². The highest BCUT2D eigenvalue weighted by Crippen LogP contribution is 2.26. The molecule has 1 aromatic heterocycles. The molecule has 0 N–H and O–H groups in total. The Bertz CT molecular complexity index is 923. The predicted molar refractivity (Wildman–Crippen MR) is 104 cm³/mol. The zero-order chi connectivity index (χ0) is 18.7. The molecule has 0 fully saturated rings. The minimum Gasteiger partial charge on any atom is -0.437 e. The molecule has 0 aliphatic carbocycles. The van der Waals surface area contributed by atoms with Gasteiger partial charge in [-0.2, -0.15) is 0 Å². The Hall–Kier alpha value is -2.46. The maximum Gasteiger partial charge on any atom is 0.238 e. The lowest BCUT2D eigenvalue weighted by Crippen LogP contribution is -2.11. The molecule has 0 aliphatic heterocycles. The average Bonchev–Trinajstić information content (AvgIpc) is 2.61. The summed E-state index contributed by atoms with van der Waals surface area (Å²) >= 11 is 5.96. The van der Waals surface area contributed by atoms with Gasteiger partial charge in [0.25, 0.3) is 0 Å². The lowest BCUT2D eigenvalue weighted by molar-refractivity contribution is -0.120. The van der Waals surface area contributed by atoms with Crippen molar-refractivity contribution in [2.45, 2.75) is 33.1 Å². The van der Waals surface area contributed by atoms with E-state index >= 15 is 0 Å². The van der Waals surface area contributed by atoms with E-state index in [1.54, 1.807) is 18.3 Å². The van der Waals surface area contributed by atoms with Crippen molar-refractivity contribution >= 4 is 28.4 Å². The van der Waals surface area contributed by atoms with Gasteiger partial charge in [-0.05, 0) is 41.8 Å². The van der Waals surface area contributed by atoms with Crippen LogP contribution in [0.3, 0.4) is 0 Å². The molecule has 1 atom stereocenters. The first kappa shape index (κ1) is 18.3. The number of carbonyl (C=O) groups excluding carboxylic acids is 1. The summed E-state index contributed by atoms with van der Waals surface area (Å²) in [5.41, 5.74) is 2.43. The Labute approximate surface area is 158 Å². The predicted octanol–water partition coefficient (Wildman–Crippen LogP) is 5.79. The normalized spacial score (nSPS) is 12.3. The molecular weight excluding hydrogens is 348 g/mol. The Morgan fingerprint density at radius 2 is 1.81 bits per heavy atom. The van der Waals surface area contributed by atoms with Gasteiger partial charge in [0.15, 0.2) is 0 Å². The molecule has 3 aromatic rings. The van der Waals surface area contributed by atoms with Crippen LogP contribution in [0.5, 0.6) is 11.6 Å². The third-order valence-electron chi connectivity index (χ3n) is 4.18. The first-order valence-electron chi connectivity index (χ1n) is 8.65. The minimum atomic E-state index is -0.114. The molecule has 0 saturated heterocycles. The van der Waals surface area contributed by atoms with Gasteiger partial charge in [-0.15, -0.1) is 0 Å². The summed E-state index contributed by atoms with van der Waals surface area (Å²) < 4.78 is 5.78. The maximum atomic E-state index is 12.2. The van der Waals surface area contributed by atoms with Crippen LogP contribution in [0.15, 0.2) is 48.7 Å². The molecule has 0 radical (unpaired) electrons. The fourth-order valence-corrected chi connectivity index (χ4v) is 2.89. The first-order valence-corrected chi connectivity index (χ1v) is 9.03. The van der Waals surface area contributed by atoms with Crippen molar-refractivity contribution in [3.8, 4) is 11.6 Å². The van der Waals surface area contributed by atoms with Crippen molar-refractivity contribution in [1.82, 2.24) is 9.97 Å². The number of rotatable bonds is 6. The highest BCUT2D eigenvalue weighted by atomic mass is 35.5. The number of ketones is 1. The summed E-state index contributed by atoms with van der Waals surface area (Å²) in [6, 6.07) is 12.9. The van der Waals surface area contributed by atoms with Gasteiger partial charge in [-0.1, -0.05) is 44.5 Å². The number of halogens is 1. The van der Waals surface area contributed by atoms with Crippen LogP contribution in [-0.4, -0.2) is 15.8 Å². The van der Waals surface area contributed by atoms with Gasteiger partial charge in [0.2, 0.25) is 5.88 Å². The largest absolute Gasteiger partial charge is 0.437 e.